The number of carboxylic acids is 1. The predicted octanol–water partition coefficient (Wildman–Crippen LogP) is 3.64. The second kappa shape index (κ2) is 6.89. The smallest absolute Gasteiger partial charge is 0.434 e. The molecule has 0 aliphatic heterocycles. The van der Waals surface area contributed by atoms with Crippen molar-refractivity contribution in [3.05, 3.63) is 35.3 Å². The number of nitrogens with zero attached hydrogens (tertiary/aromatic N) is 3. The number of carbonyl (C=O) groups excluding carboxylic acids is 1. The molecule has 2 rings (SSSR count). The fourth-order valence-electron chi connectivity index (χ4n) is 2.24. The molecular formula is C16H17F3N4O4. The van der Waals surface area contributed by atoms with Gasteiger partial charge in [0.1, 0.15) is 17.0 Å². The second-order valence-corrected chi connectivity index (χ2v) is 6.55. The molecule has 0 aliphatic rings. The molecule has 146 valence electrons. The SMILES string of the molecule is Cc1c(-n2ncc(C(=O)O)c2C(F)(F)F)ccnc1NC(=O)OC(C)(C)C. The Morgan fingerprint density at radius 3 is 2.41 bits per heavy atom. The van der Waals surface area contributed by atoms with Gasteiger partial charge in [0.05, 0.1) is 11.9 Å². The second-order valence-electron chi connectivity index (χ2n) is 6.55. The van der Waals surface area contributed by atoms with Crippen molar-refractivity contribution in [2.45, 2.75) is 39.5 Å². The lowest BCUT2D eigenvalue weighted by molar-refractivity contribution is -0.143. The number of halogens is 3. The zero-order valence-corrected chi connectivity index (χ0v) is 14.9. The van der Waals surface area contributed by atoms with Crippen LogP contribution in [0.5, 0.6) is 0 Å². The van der Waals surface area contributed by atoms with E-state index in [9.17, 15) is 22.8 Å². The molecule has 0 saturated carbocycles. The van der Waals surface area contributed by atoms with Gasteiger partial charge in [-0.2, -0.15) is 18.3 Å². The van der Waals surface area contributed by atoms with Gasteiger partial charge in [-0.05, 0) is 33.8 Å². The zero-order chi connectivity index (χ0) is 20.6. The summed E-state index contributed by atoms with van der Waals surface area (Å²) in [4.78, 5) is 26.9. The maximum absolute atomic E-state index is 13.4. The lowest BCUT2D eigenvalue weighted by atomic mass is 10.2. The molecule has 27 heavy (non-hydrogen) atoms. The Morgan fingerprint density at radius 2 is 1.89 bits per heavy atom. The highest BCUT2D eigenvalue weighted by atomic mass is 19.4. The van der Waals surface area contributed by atoms with Gasteiger partial charge in [0.25, 0.3) is 0 Å². The van der Waals surface area contributed by atoms with Gasteiger partial charge in [0.15, 0.2) is 5.69 Å². The van der Waals surface area contributed by atoms with E-state index < -0.39 is 35.1 Å². The minimum absolute atomic E-state index is 0.0396. The molecule has 2 aromatic rings. The van der Waals surface area contributed by atoms with Crippen LogP contribution in [0.3, 0.4) is 0 Å². The Balaban J connectivity index is 2.50. The number of carboxylic acid groups (broad SMARTS) is 1. The number of amides is 1. The molecule has 0 aromatic carbocycles. The van der Waals surface area contributed by atoms with Gasteiger partial charge in [-0.1, -0.05) is 0 Å². The molecule has 0 fully saturated rings. The van der Waals surface area contributed by atoms with Gasteiger partial charge in [-0.3, -0.25) is 5.32 Å². The van der Waals surface area contributed by atoms with Crippen molar-refractivity contribution < 1.29 is 32.6 Å². The van der Waals surface area contributed by atoms with Crippen LogP contribution >= 0.6 is 0 Å². The summed E-state index contributed by atoms with van der Waals surface area (Å²) in [5, 5.41) is 14.9. The van der Waals surface area contributed by atoms with Gasteiger partial charge in [0, 0.05) is 11.8 Å². The van der Waals surface area contributed by atoms with Crippen LogP contribution in [0.25, 0.3) is 5.69 Å². The number of hydrogen-bond donors (Lipinski definition) is 2. The molecular weight excluding hydrogens is 369 g/mol. The highest BCUT2D eigenvalue weighted by Crippen LogP contribution is 2.34. The summed E-state index contributed by atoms with van der Waals surface area (Å²) in [5.41, 5.74) is -3.14. The van der Waals surface area contributed by atoms with Crippen molar-refractivity contribution >= 4 is 17.9 Å². The summed E-state index contributed by atoms with van der Waals surface area (Å²) in [6.45, 7) is 6.36. The Labute approximate surface area is 152 Å². The first-order valence-corrected chi connectivity index (χ1v) is 7.65. The first-order valence-electron chi connectivity index (χ1n) is 7.65. The Morgan fingerprint density at radius 1 is 1.26 bits per heavy atom. The molecule has 0 aliphatic carbocycles. The van der Waals surface area contributed by atoms with E-state index in [0.29, 0.717) is 10.9 Å². The fraction of sp³-hybridized carbons (Fsp3) is 0.375. The van der Waals surface area contributed by atoms with Gasteiger partial charge in [-0.25, -0.2) is 19.3 Å². The van der Waals surface area contributed by atoms with Crippen LogP contribution < -0.4 is 5.32 Å². The van der Waals surface area contributed by atoms with Crippen molar-refractivity contribution in [1.29, 1.82) is 0 Å². The van der Waals surface area contributed by atoms with E-state index in [1.807, 2.05) is 0 Å². The van der Waals surface area contributed by atoms with Crippen molar-refractivity contribution in [2.75, 3.05) is 5.32 Å². The molecule has 2 heterocycles. The Bertz CT molecular complexity index is 885. The van der Waals surface area contributed by atoms with Crippen LogP contribution in [-0.4, -0.2) is 37.5 Å². The topological polar surface area (TPSA) is 106 Å². The number of rotatable bonds is 3. The van der Waals surface area contributed by atoms with Gasteiger partial charge < -0.3 is 9.84 Å². The number of pyridine rings is 1. The van der Waals surface area contributed by atoms with Crippen LogP contribution in [-0.2, 0) is 10.9 Å². The first kappa shape index (κ1) is 20.2. The summed E-state index contributed by atoms with van der Waals surface area (Å²) < 4.78 is 45.7. The first-order chi connectivity index (χ1) is 12.3. The van der Waals surface area contributed by atoms with Crippen molar-refractivity contribution in [3.8, 4) is 5.69 Å². The van der Waals surface area contributed by atoms with E-state index >= 15 is 0 Å². The standard InChI is InChI=1S/C16H17F3N4O4/c1-8-10(5-6-20-12(8)22-14(26)27-15(2,3)4)23-11(16(17,18)19)9(7-21-23)13(24)25/h5-7H,1-4H3,(H,24,25)(H,20,22,26). The molecule has 0 atom stereocenters. The highest BCUT2D eigenvalue weighted by Gasteiger charge is 2.41. The summed E-state index contributed by atoms with van der Waals surface area (Å²) in [7, 11) is 0. The lowest BCUT2D eigenvalue weighted by Crippen LogP contribution is -2.28. The van der Waals surface area contributed by atoms with Crippen molar-refractivity contribution in [1.82, 2.24) is 14.8 Å². The van der Waals surface area contributed by atoms with E-state index in [4.69, 9.17) is 9.84 Å². The number of ether oxygens (including phenoxy) is 1. The van der Waals surface area contributed by atoms with Gasteiger partial charge >= 0.3 is 18.2 Å². The van der Waals surface area contributed by atoms with E-state index in [-0.39, 0.29) is 17.1 Å². The number of aromatic nitrogens is 3. The predicted molar refractivity (Wildman–Crippen MR) is 87.9 cm³/mol. The van der Waals surface area contributed by atoms with Crippen molar-refractivity contribution in [3.63, 3.8) is 0 Å². The third-order valence-electron chi connectivity index (χ3n) is 3.29. The third kappa shape index (κ3) is 4.54. The molecule has 0 saturated heterocycles. The largest absolute Gasteiger partial charge is 0.478 e. The monoisotopic (exact) mass is 386 g/mol. The number of aromatic carboxylic acids is 1. The average Bonchev–Trinajstić information content (AvgIpc) is 2.92. The summed E-state index contributed by atoms with van der Waals surface area (Å²) in [6.07, 6.45) is -4.01. The van der Waals surface area contributed by atoms with Crippen molar-refractivity contribution in [2.24, 2.45) is 0 Å². The van der Waals surface area contributed by atoms with E-state index in [2.05, 4.69) is 15.4 Å². The maximum atomic E-state index is 13.4. The summed E-state index contributed by atoms with van der Waals surface area (Å²) >= 11 is 0. The minimum atomic E-state index is -4.96. The zero-order valence-electron chi connectivity index (χ0n) is 14.9. The number of anilines is 1. The molecule has 11 heteroatoms. The Kier molecular flexibility index (Phi) is 5.16. The molecule has 0 unspecified atom stereocenters. The number of hydrogen-bond acceptors (Lipinski definition) is 5. The summed E-state index contributed by atoms with van der Waals surface area (Å²) in [6, 6.07) is 1.23. The molecule has 1 amide bonds. The quantitative estimate of drug-likeness (QED) is 0.834. The molecule has 8 nitrogen and oxygen atoms in total. The average molecular weight is 386 g/mol. The van der Waals surface area contributed by atoms with Gasteiger partial charge in [-0.15, -0.1) is 0 Å². The van der Waals surface area contributed by atoms with Crippen LogP contribution in [0, 0.1) is 6.92 Å². The van der Waals surface area contributed by atoms with Gasteiger partial charge in [0.2, 0.25) is 0 Å². The Hall–Kier alpha value is -3.11. The molecule has 0 radical (unpaired) electrons. The molecule has 2 N–H and O–H groups in total. The van der Waals surface area contributed by atoms with E-state index in [1.165, 1.54) is 13.0 Å². The van der Waals surface area contributed by atoms with Crippen LogP contribution in [0.15, 0.2) is 18.5 Å². The van der Waals surface area contributed by atoms with Crippen LogP contribution in [0.1, 0.15) is 42.4 Å². The summed E-state index contributed by atoms with van der Waals surface area (Å²) in [5.74, 6) is -1.80. The molecule has 0 spiro atoms. The molecule has 2 aromatic heterocycles. The fourth-order valence-corrected chi connectivity index (χ4v) is 2.24. The number of nitrogens with one attached hydrogen (secondary N) is 1. The van der Waals surface area contributed by atoms with E-state index in [1.54, 1.807) is 20.8 Å². The number of carbonyl (C=O) groups is 2. The van der Waals surface area contributed by atoms with Crippen LogP contribution in [0.4, 0.5) is 23.8 Å². The molecule has 0 bridgehead atoms. The van der Waals surface area contributed by atoms with E-state index in [0.717, 1.165) is 6.20 Å². The number of alkyl halides is 3. The third-order valence-corrected chi connectivity index (χ3v) is 3.29. The highest BCUT2D eigenvalue weighted by molar-refractivity contribution is 5.89. The lowest BCUT2D eigenvalue weighted by Gasteiger charge is -2.20. The van der Waals surface area contributed by atoms with Crippen LogP contribution in [0.2, 0.25) is 0 Å². The maximum Gasteiger partial charge on any atom is 0.434 e. The minimum Gasteiger partial charge on any atom is -0.478 e. The normalized spacial score (nSPS) is 12.0.